The summed E-state index contributed by atoms with van der Waals surface area (Å²) >= 11 is 0. The predicted molar refractivity (Wildman–Crippen MR) is 73.2 cm³/mol. The summed E-state index contributed by atoms with van der Waals surface area (Å²) < 4.78 is 36.4. The fraction of sp³-hybridized carbons (Fsp3) is 0.462. The number of nitrogens with zero attached hydrogens (tertiary/aromatic N) is 1. The molecule has 0 aromatic heterocycles. The first-order valence-electron chi connectivity index (χ1n) is 6.28. The molecule has 0 bridgehead atoms. The Balaban J connectivity index is 2.26. The SMILES string of the molecule is CC1NC(c2ccccc2F)N(CCS(C)(=O)=O)C1=O. The standard InChI is InChI=1S/C13H17FN2O3S/c1-9-13(17)16(7-8-20(2,18)19)12(15-9)10-5-3-4-6-11(10)14/h3-6,9,12,15H,7-8H2,1-2H3. The Kier molecular flexibility index (Phi) is 4.10. The first-order valence-corrected chi connectivity index (χ1v) is 8.34. The van der Waals surface area contributed by atoms with Gasteiger partial charge >= 0.3 is 0 Å². The van der Waals surface area contributed by atoms with Crippen molar-refractivity contribution in [2.45, 2.75) is 19.1 Å². The van der Waals surface area contributed by atoms with Crippen molar-refractivity contribution >= 4 is 15.7 Å². The Bertz CT molecular complexity index is 618. The van der Waals surface area contributed by atoms with Crippen LogP contribution in [0.4, 0.5) is 4.39 Å². The van der Waals surface area contributed by atoms with Gasteiger partial charge in [0.25, 0.3) is 0 Å². The lowest BCUT2D eigenvalue weighted by Gasteiger charge is -2.24. The van der Waals surface area contributed by atoms with E-state index < -0.39 is 27.9 Å². The summed E-state index contributed by atoms with van der Waals surface area (Å²) in [5.74, 6) is -0.781. The van der Waals surface area contributed by atoms with Crippen LogP contribution in [0.1, 0.15) is 18.7 Å². The summed E-state index contributed by atoms with van der Waals surface area (Å²) in [6.07, 6.45) is 0.489. The maximum atomic E-state index is 13.8. The second kappa shape index (κ2) is 5.49. The third kappa shape index (κ3) is 3.16. The molecule has 1 aromatic rings. The average molecular weight is 300 g/mol. The van der Waals surface area contributed by atoms with Gasteiger partial charge < -0.3 is 4.90 Å². The third-order valence-electron chi connectivity index (χ3n) is 3.28. The number of nitrogens with one attached hydrogen (secondary N) is 1. The molecule has 2 atom stereocenters. The zero-order chi connectivity index (χ0) is 14.9. The lowest BCUT2D eigenvalue weighted by molar-refractivity contribution is -0.129. The number of hydrogen-bond donors (Lipinski definition) is 1. The van der Waals surface area contributed by atoms with Gasteiger partial charge in [-0.1, -0.05) is 18.2 Å². The van der Waals surface area contributed by atoms with Gasteiger partial charge in [-0.2, -0.15) is 0 Å². The lowest BCUT2D eigenvalue weighted by atomic mass is 10.1. The van der Waals surface area contributed by atoms with E-state index >= 15 is 0 Å². The van der Waals surface area contributed by atoms with Crippen LogP contribution in [0.3, 0.4) is 0 Å². The van der Waals surface area contributed by atoms with E-state index in [9.17, 15) is 17.6 Å². The van der Waals surface area contributed by atoms with Crippen LogP contribution in [-0.2, 0) is 14.6 Å². The van der Waals surface area contributed by atoms with E-state index in [1.807, 2.05) is 0 Å². The van der Waals surface area contributed by atoms with Crippen molar-refractivity contribution in [1.82, 2.24) is 10.2 Å². The third-order valence-corrected chi connectivity index (χ3v) is 4.20. The predicted octanol–water partition coefficient (Wildman–Crippen LogP) is 0.689. The maximum absolute atomic E-state index is 13.8. The zero-order valence-electron chi connectivity index (χ0n) is 11.3. The van der Waals surface area contributed by atoms with Crippen molar-refractivity contribution in [1.29, 1.82) is 0 Å². The number of hydrogen-bond acceptors (Lipinski definition) is 4. The minimum absolute atomic E-state index is 0.0496. The smallest absolute Gasteiger partial charge is 0.241 e. The van der Waals surface area contributed by atoms with Gasteiger partial charge in [0, 0.05) is 18.4 Å². The molecule has 1 aliphatic heterocycles. The monoisotopic (exact) mass is 300 g/mol. The normalized spacial score (nSPS) is 23.4. The summed E-state index contributed by atoms with van der Waals surface area (Å²) in [6.45, 7) is 1.73. The molecule has 1 N–H and O–H groups in total. The molecule has 0 radical (unpaired) electrons. The van der Waals surface area contributed by atoms with Crippen molar-refractivity contribution in [3.05, 3.63) is 35.6 Å². The van der Waals surface area contributed by atoms with Gasteiger partial charge in [-0.25, -0.2) is 12.8 Å². The van der Waals surface area contributed by atoms with Gasteiger partial charge in [0.1, 0.15) is 21.8 Å². The Morgan fingerprint density at radius 3 is 2.60 bits per heavy atom. The molecule has 1 saturated heterocycles. The molecule has 1 heterocycles. The minimum Gasteiger partial charge on any atom is -0.320 e. The highest BCUT2D eigenvalue weighted by Crippen LogP contribution is 2.26. The van der Waals surface area contributed by atoms with Gasteiger partial charge in [0.15, 0.2) is 0 Å². The van der Waals surface area contributed by atoms with E-state index in [4.69, 9.17) is 0 Å². The summed E-state index contributed by atoms with van der Waals surface area (Å²) in [5.41, 5.74) is 0.346. The van der Waals surface area contributed by atoms with E-state index in [0.717, 1.165) is 6.26 Å². The highest BCUT2D eigenvalue weighted by atomic mass is 32.2. The van der Waals surface area contributed by atoms with Crippen molar-refractivity contribution in [2.75, 3.05) is 18.6 Å². The highest BCUT2D eigenvalue weighted by Gasteiger charge is 2.38. The molecule has 2 unspecified atom stereocenters. The van der Waals surface area contributed by atoms with Gasteiger partial charge in [0.05, 0.1) is 11.8 Å². The van der Waals surface area contributed by atoms with Crippen LogP contribution in [0.15, 0.2) is 24.3 Å². The first kappa shape index (κ1) is 14.9. The minimum atomic E-state index is -3.18. The molecule has 0 aliphatic carbocycles. The quantitative estimate of drug-likeness (QED) is 0.888. The molecule has 110 valence electrons. The zero-order valence-corrected chi connectivity index (χ0v) is 12.2. The van der Waals surface area contributed by atoms with E-state index in [0.29, 0.717) is 5.56 Å². The van der Waals surface area contributed by atoms with Crippen LogP contribution in [0.25, 0.3) is 0 Å². The van der Waals surface area contributed by atoms with Gasteiger partial charge in [-0.3, -0.25) is 10.1 Å². The number of benzene rings is 1. The lowest BCUT2D eigenvalue weighted by Crippen LogP contribution is -2.35. The first-order chi connectivity index (χ1) is 9.29. The number of amides is 1. The molecule has 2 rings (SSSR count). The number of carbonyl (C=O) groups is 1. The van der Waals surface area contributed by atoms with E-state index in [1.165, 1.54) is 11.0 Å². The molecule has 0 spiro atoms. The summed E-state index contributed by atoms with van der Waals surface area (Å²) in [4.78, 5) is 13.4. The Hall–Kier alpha value is -1.47. The second-order valence-electron chi connectivity index (χ2n) is 4.97. The highest BCUT2D eigenvalue weighted by molar-refractivity contribution is 7.90. The molecule has 20 heavy (non-hydrogen) atoms. The number of carbonyl (C=O) groups excluding carboxylic acids is 1. The average Bonchev–Trinajstić information content (AvgIpc) is 2.63. The van der Waals surface area contributed by atoms with Gasteiger partial charge in [-0.05, 0) is 13.0 Å². The Morgan fingerprint density at radius 1 is 1.35 bits per heavy atom. The topological polar surface area (TPSA) is 66.5 Å². The molecule has 1 amide bonds. The van der Waals surface area contributed by atoms with Crippen LogP contribution in [0.2, 0.25) is 0 Å². The summed E-state index contributed by atoms with van der Waals surface area (Å²) in [7, 11) is -3.18. The van der Waals surface area contributed by atoms with Crippen LogP contribution in [0, 0.1) is 5.82 Å². The van der Waals surface area contributed by atoms with Crippen molar-refractivity contribution in [2.24, 2.45) is 0 Å². The van der Waals surface area contributed by atoms with Crippen molar-refractivity contribution in [3.8, 4) is 0 Å². The molecular formula is C13H17FN2O3S. The fourth-order valence-corrected chi connectivity index (χ4v) is 2.76. The van der Waals surface area contributed by atoms with Crippen LogP contribution >= 0.6 is 0 Å². The number of halogens is 1. The van der Waals surface area contributed by atoms with E-state index in [-0.39, 0.29) is 18.2 Å². The number of rotatable bonds is 4. The number of sulfone groups is 1. The van der Waals surface area contributed by atoms with Crippen molar-refractivity contribution in [3.63, 3.8) is 0 Å². The maximum Gasteiger partial charge on any atom is 0.241 e. The molecule has 5 nitrogen and oxygen atoms in total. The summed E-state index contributed by atoms with van der Waals surface area (Å²) in [5, 5.41) is 2.99. The van der Waals surface area contributed by atoms with Crippen LogP contribution < -0.4 is 5.32 Å². The molecule has 1 aromatic carbocycles. The largest absolute Gasteiger partial charge is 0.320 e. The van der Waals surface area contributed by atoms with E-state index in [1.54, 1.807) is 25.1 Å². The molecule has 1 aliphatic rings. The van der Waals surface area contributed by atoms with Gasteiger partial charge in [-0.15, -0.1) is 0 Å². The molecule has 0 saturated carbocycles. The Morgan fingerprint density at radius 2 is 2.00 bits per heavy atom. The van der Waals surface area contributed by atoms with Gasteiger partial charge in [0.2, 0.25) is 5.91 Å². The molecule has 1 fully saturated rings. The van der Waals surface area contributed by atoms with Crippen LogP contribution in [-0.4, -0.2) is 43.8 Å². The Labute approximate surface area is 117 Å². The molecular weight excluding hydrogens is 283 g/mol. The van der Waals surface area contributed by atoms with Crippen LogP contribution in [0.5, 0.6) is 0 Å². The fourth-order valence-electron chi connectivity index (χ4n) is 2.23. The molecule has 7 heteroatoms. The second-order valence-corrected chi connectivity index (χ2v) is 7.23. The van der Waals surface area contributed by atoms with Crippen molar-refractivity contribution < 1.29 is 17.6 Å². The van der Waals surface area contributed by atoms with E-state index in [2.05, 4.69) is 5.32 Å². The summed E-state index contributed by atoms with van der Waals surface area (Å²) in [6, 6.07) is 5.70.